The zero-order chi connectivity index (χ0) is 21.1. The first-order chi connectivity index (χ1) is 13.9. The van der Waals surface area contributed by atoms with Gasteiger partial charge in [-0.05, 0) is 47.7 Å². The van der Waals surface area contributed by atoms with Gasteiger partial charge in [0.05, 0.1) is 18.7 Å². The van der Waals surface area contributed by atoms with Gasteiger partial charge >= 0.3 is 0 Å². The fraction of sp³-hybridized carbons (Fsp3) is 0.333. The molecule has 0 aliphatic carbocycles. The molecule has 1 atom stereocenters. The van der Waals surface area contributed by atoms with Gasteiger partial charge < -0.3 is 14.7 Å². The zero-order valence-electron chi connectivity index (χ0n) is 17.3. The Hall–Kier alpha value is -3.08. The van der Waals surface area contributed by atoms with Crippen LogP contribution in [-0.4, -0.2) is 35.4 Å². The van der Waals surface area contributed by atoms with Crippen LogP contribution in [0.15, 0.2) is 54.1 Å². The number of hydrogen-bond donors (Lipinski definition) is 1. The second-order valence-electron chi connectivity index (χ2n) is 7.54. The number of benzene rings is 2. The molecular formula is C24H27NO4. The summed E-state index contributed by atoms with van der Waals surface area (Å²) in [6, 6.07) is 14.1. The van der Waals surface area contributed by atoms with Crippen molar-refractivity contribution in [3.63, 3.8) is 0 Å². The number of rotatable bonds is 6. The molecular weight excluding hydrogens is 366 g/mol. The SMILES string of the molecule is CCCN1C(=O)C(=O)/C(=C(\O)c2ccc(OC)cc2)C1c1ccc(C(C)C)cc1. The van der Waals surface area contributed by atoms with E-state index in [2.05, 4.69) is 13.8 Å². The standard InChI is InChI=1S/C24H27NO4/c1-5-14-25-21(17-8-6-16(7-9-17)15(2)3)20(23(27)24(25)28)22(26)18-10-12-19(29-4)13-11-18/h6-13,15,21,26H,5,14H2,1-4H3/b22-20-. The van der Waals surface area contributed by atoms with Crippen LogP contribution in [0, 0.1) is 0 Å². The van der Waals surface area contributed by atoms with Crippen LogP contribution in [0.4, 0.5) is 0 Å². The lowest BCUT2D eigenvalue weighted by molar-refractivity contribution is -0.139. The molecule has 29 heavy (non-hydrogen) atoms. The van der Waals surface area contributed by atoms with E-state index in [1.54, 1.807) is 36.3 Å². The van der Waals surface area contributed by atoms with E-state index in [0.717, 1.165) is 12.0 Å². The molecule has 1 unspecified atom stereocenters. The summed E-state index contributed by atoms with van der Waals surface area (Å²) >= 11 is 0. The molecule has 0 aromatic heterocycles. The third-order valence-electron chi connectivity index (χ3n) is 5.29. The van der Waals surface area contributed by atoms with Crippen molar-refractivity contribution in [2.75, 3.05) is 13.7 Å². The molecule has 3 rings (SSSR count). The fourth-order valence-corrected chi connectivity index (χ4v) is 3.67. The van der Waals surface area contributed by atoms with E-state index in [-0.39, 0.29) is 11.3 Å². The average molecular weight is 393 g/mol. The molecule has 0 bridgehead atoms. The highest BCUT2D eigenvalue weighted by molar-refractivity contribution is 6.46. The van der Waals surface area contributed by atoms with Gasteiger partial charge in [-0.1, -0.05) is 45.0 Å². The first kappa shape index (κ1) is 20.6. The minimum atomic E-state index is -0.648. The van der Waals surface area contributed by atoms with Crippen molar-refractivity contribution in [3.8, 4) is 5.75 Å². The largest absolute Gasteiger partial charge is 0.507 e. The zero-order valence-corrected chi connectivity index (χ0v) is 17.3. The van der Waals surface area contributed by atoms with E-state index in [4.69, 9.17) is 4.74 Å². The molecule has 0 spiro atoms. The minimum absolute atomic E-state index is 0.130. The number of aliphatic hydroxyl groups is 1. The van der Waals surface area contributed by atoms with Crippen LogP contribution in [0.1, 0.15) is 55.8 Å². The number of amides is 1. The van der Waals surface area contributed by atoms with E-state index < -0.39 is 17.7 Å². The Morgan fingerprint density at radius 2 is 1.69 bits per heavy atom. The number of ether oxygens (including phenoxy) is 1. The normalized spacial score (nSPS) is 18.5. The van der Waals surface area contributed by atoms with Gasteiger partial charge in [0.1, 0.15) is 11.5 Å². The second-order valence-corrected chi connectivity index (χ2v) is 7.54. The first-order valence-electron chi connectivity index (χ1n) is 9.91. The van der Waals surface area contributed by atoms with E-state index >= 15 is 0 Å². The van der Waals surface area contributed by atoms with Gasteiger partial charge in [-0.3, -0.25) is 9.59 Å². The van der Waals surface area contributed by atoms with Crippen LogP contribution in [0.25, 0.3) is 5.76 Å². The third-order valence-corrected chi connectivity index (χ3v) is 5.29. The van der Waals surface area contributed by atoms with E-state index in [0.29, 0.717) is 23.8 Å². The third kappa shape index (κ3) is 3.90. The maximum atomic E-state index is 12.9. The summed E-state index contributed by atoms with van der Waals surface area (Å²) in [4.78, 5) is 27.1. The number of ketones is 1. The Morgan fingerprint density at radius 1 is 1.07 bits per heavy atom. The second kappa shape index (κ2) is 8.52. The summed E-state index contributed by atoms with van der Waals surface area (Å²) < 4.78 is 5.16. The van der Waals surface area contributed by atoms with Gasteiger partial charge in [0.15, 0.2) is 0 Å². The highest BCUT2D eigenvalue weighted by Crippen LogP contribution is 2.39. The molecule has 1 N–H and O–H groups in total. The molecule has 152 valence electrons. The van der Waals surface area contributed by atoms with Crippen molar-refractivity contribution in [2.24, 2.45) is 0 Å². The lowest BCUT2D eigenvalue weighted by Crippen LogP contribution is -2.30. The predicted octanol–water partition coefficient (Wildman–Crippen LogP) is 4.65. The highest BCUT2D eigenvalue weighted by atomic mass is 16.5. The Morgan fingerprint density at radius 3 is 2.21 bits per heavy atom. The Labute approximate surface area is 171 Å². The Bertz CT molecular complexity index is 926. The predicted molar refractivity (Wildman–Crippen MR) is 113 cm³/mol. The van der Waals surface area contributed by atoms with Crippen LogP contribution in [0.3, 0.4) is 0 Å². The molecule has 1 heterocycles. The van der Waals surface area contributed by atoms with E-state index in [1.807, 2.05) is 31.2 Å². The van der Waals surface area contributed by atoms with Crippen LogP contribution in [-0.2, 0) is 9.59 Å². The molecule has 2 aromatic carbocycles. The van der Waals surface area contributed by atoms with Crippen molar-refractivity contribution in [1.29, 1.82) is 0 Å². The van der Waals surface area contributed by atoms with Crippen LogP contribution < -0.4 is 4.74 Å². The molecule has 0 radical (unpaired) electrons. The van der Waals surface area contributed by atoms with Gasteiger partial charge in [-0.25, -0.2) is 0 Å². The number of methoxy groups -OCH3 is 1. The maximum Gasteiger partial charge on any atom is 0.295 e. The Kier molecular flexibility index (Phi) is 6.06. The van der Waals surface area contributed by atoms with E-state index in [1.165, 1.54) is 5.56 Å². The maximum absolute atomic E-state index is 12.9. The summed E-state index contributed by atoms with van der Waals surface area (Å²) in [7, 11) is 1.56. The topological polar surface area (TPSA) is 66.8 Å². The van der Waals surface area contributed by atoms with Gasteiger partial charge in [-0.15, -0.1) is 0 Å². The molecule has 0 saturated carbocycles. The monoisotopic (exact) mass is 393 g/mol. The van der Waals surface area contributed by atoms with Gasteiger partial charge in [0.2, 0.25) is 0 Å². The fourth-order valence-electron chi connectivity index (χ4n) is 3.67. The minimum Gasteiger partial charge on any atom is -0.507 e. The van der Waals surface area contributed by atoms with Gasteiger partial charge in [0, 0.05) is 12.1 Å². The average Bonchev–Trinajstić information content (AvgIpc) is 2.98. The molecule has 5 heteroatoms. The van der Waals surface area contributed by atoms with Crippen molar-refractivity contribution in [3.05, 3.63) is 70.8 Å². The quantitative estimate of drug-likeness (QED) is 0.441. The Balaban J connectivity index is 2.12. The molecule has 5 nitrogen and oxygen atoms in total. The molecule has 1 aliphatic heterocycles. The number of likely N-dealkylation sites (tertiary alicyclic amines) is 1. The number of nitrogens with zero attached hydrogens (tertiary/aromatic N) is 1. The number of carbonyl (C=O) groups is 2. The smallest absolute Gasteiger partial charge is 0.295 e. The lowest BCUT2D eigenvalue weighted by Gasteiger charge is -2.25. The van der Waals surface area contributed by atoms with Gasteiger partial charge in [0.25, 0.3) is 11.7 Å². The molecule has 1 amide bonds. The number of Topliss-reactive ketones (excluding diaryl/α,β-unsaturated/α-hetero) is 1. The van der Waals surface area contributed by atoms with Gasteiger partial charge in [-0.2, -0.15) is 0 Å². The summed E-state index contributed by atoms with van der Waals surface area (Å²) in [5.74, 6) is -0.355. The number of aliphatic hydroxyl groups excluding tert-OH is 1. The molecule has 1 aliphatic rings. The number of carbonyl (C=O) groups excluding carboxylic acids is 2. The lowest BCUT2D eigenvalue weighted by atomic mass is 9.93. The number of hydrogen-bond acceptors (Lipinski definition) is 4. The summed E-state index contributed by atoms with van der Waals surface area (Å²) in [6.07, 6.45) is 0.718. The summed E-state index contributed by atoms with van der Waals surface area (Å²) in [5, 5.41) is 11.0. The van der Waals surface area contributed by atoms with Crippen LogP contribution in [0.5, 0.6) is 5.75 Å². The first-order valence-corrected chi connectivity index (χ1v) is 9.91. The molecule has 1 fully saturated rings. The molecule has 2 aromatic rings. The van der Waals surface area contributed by atoms with Crippen LogP contribution >= 0.6 is 0 Å². The van der Waals surface area contributed by atoms with Crippen molar-refractivity contribution in [1.82, 2.24) is 4.90 Å². The van der Waals surface area contributed by atoms with Crippen molar-refractivity contribution in [2.45, 2.75) is 39.2 Å². The summed E-state index contributed by atoms with van der Waals surface area (Å²) in [5.41, 5.74) is 2.60. The molecule has 1 saturated heterocycles. The summed E-state index contributed by atoms with van der Waals surface area (Å²) in [6.45, 7) is 6.63. The van der Waals surface area contributed by atoms with Crippen molar-refractivity contribution >= 4 is 17.4 Å². The highest BCUT2D eigenvalue weighted by Gasteiger charge is 2.45. The van der Waals surface area contributed by atoms with Crippen molar-refractivity contribution < 1.29 is 19.4 Å². The van der Waals surface area contributed by atoms with E-state index in [9.17, 15) is 14.7 Å². The van der Waals surface area contributed by atoms with Crippen LogP contribution in [0.2, 0.25) is 0 Å².